The molecule has 1 aromatic carbocycles. The van der Waals surface area contributed by atoms with Crippen LogP contribution in [0.4, 0.5) is 0 Å². The molecule has 158 valence electrons. The van der Waals surface area contributed by atoms with Crippen molar-refractivity contribution < 1.29 is 14.3 Å². The van der Waals surface area contributed by atoms with Crippen molar-refractivity contribution in [2.75, 3.05) is 6.61 Å². The Morgan fingerprint density at radius 1 is 0.931 bits per heavy atom. The number of unbranched alkanes of at least 4 members (excludes halogenated alkanes) is 6. The summed E-state index contributed by atoms with van der Waals surface area (Å²) in [5.74, 6) is 0.944. The van der Waals surface area contributed by atoms with Gasteiger partial charge in [-0.2, -0.15) is 0 Å². The van der Waals surface area contributed by atoms with Crippen molar-refractivity contribution in [1.82, 2.24) is 9.97 Å². The molecule has 29 heavy (non-hydrogen) atoms. The number of carbonyl (C=O) groups is 1. The smallest absolute Gasteiger partial charge is 0.347 e. The molecule has 2 rings (SSSR count). The van der Waals surface area contributed by atoms with Crippen LogP contribution in [0.1, 0.15) is 71.3 Å². The van der Waals surface area contributed by atoms with E-state index in [-0.39, 0.29) is 5.97 Å². The molecule has 1 atom stereocenters. The summed E-state index contributed by atoms with van der Waals surface area (Å²) in [5.41, 5.74) is 2.11. The molecular formula is C24H34N2O3. The van der Waals surface area contributed by atoms with Crippen LogP contribution < -0.4 is 4.74 Å². The maximum absolute atomic E-state index is 11.7. The van der Waals surface area contributed by atoms with Crippen LogP contribution in [0.15, 0.2) is 36.7 Å². The van der Waals surface area contributed by atoms with Gasteiger partial charge in [-0.05, 0) is 56.5 Å². The van der Waals surface area contributed by atoms with Gasteiger partial charge in [0.2, 0.25) is 0 Å². The summed E-state index contributed by atoms with van der Waals surface area (Å²) < 4.78 is 10.6. The third kappa shape index (κ3) is 8.22. The number of ether oxygens (including phenoxy) is 2. The second-order valence-corrected chi connectivity index (χ2v) is 7.32. The maximum atomic E-state index is 11.7. The number of aromatic nitrogens is 2. The minimum Gasteiger partial charge on any atom is -0.479 e. The second-order valence-electron chi connectivity index (χ2n) is 7.32. The van der Waals surface area contributed by atoms with Gasteiger partial charge in [0.1, 0.15) is 5.75 Å². The Morgan fingerprint density at radius 2 is 1.55 bits per heavy atom. The van der Waals surface area contributed by atoms with E-state index in [4.69, 9.17) is 9.47 Å². The Hall–Kier alpha value is -2.43. The Kier molecular flexibility index (Phi) is 10.2. The molecule has 0 amide bonds. The van der Waals surface area contributed by atoms with Crippen molar-refractivity contribution in [3.63, 3.8) is 0 Å². The first-order valence-corrected chi connectivity index (χ1v) is 10.9. The molecule has 0 aliphatic rings. The van der Waals surface area contributed by atoms with Gasteiger partial charge >= 0.3 is 5.97 Å². The van der Waals surface area contributed by atoms with Crippen molar-refractivity contribution in [2.45, 2.75) is 78.2 Å². The van der Waals surface area contributed by atoms with E-state index < -0.39 is 6.10 Å². The molecule has 0 N–H and O–H groups in total. The molecule has 0 spiro atoms. The third-order valence-electron chi connectivity index (χ3n) is 4.82. The number of hydrogen-bond donors (Lipinski definition) is 0. The van der Waals surface area contributed by atoms with Crippen LogP contribution >= 0.6 is 0 Å². The van der Waals surface area contributed by atoms with Crippen LogP contribution in [0, 0.1) is 0 Å². The standard InChI is InChI=1S/C24H34N2O3/c1-4-6-7-8-9-10-11-12-20-17-25-23(26-18-20)21-13-15-22(16-14-21)29-19(3)24(27)28-5-2/h13-19H,4-12H2,1-3H3. The highest BCUT2D eigenvalue weighted by molar-refractivity contribution is 5.74. The van der Waals surface area contributed by atoms with Gasteiger partial charge in [0, 0.05) is 18.0 Å². The molecule has 0 aliphatic carbocycles. The first-order chi connectivity index (χ1) is 14.1. The number of carbonyl (C=O) groups excluding carboxylic acids is 1. The fraction of sp³-hybridized carbons (Fsp3) is 0.542. The highest BCUT2D eigenvalue weighted by Gasteiger charge is 2.15. The second kappa shape index (κ2) is 12.9. The highest BCUT2D eigenvalue weighted by Crippen LogP contribution is 2.20. The molecule has 5 nitrogen and oxygen atoms in total. The number of nitrogens with zero attached hydrogens (tertiary/aromatic N) is 2. The van der Waals surface area contributed by atoms with E-state index in [0.29, 0.717) is 18.2 Å². The molecule has 5 heteroatoms. The number of aryl methyl sites for hydroxylation is 1. The van der Waals surface area contributed by atoms with Gasteiger partial charge < -0.3 is 9.47 Å². The summed E-state index contributed by atoms with van der Waals surface area (Å²) in [5, 5.41) is 0. The van der Waals surface area contributed by atoms with Crippen LogP contribution in [0.2, 0.25) is 0 Å². The van der Waals surface area contributed by atoms with Crippen molar-refractivity contribution in [3.8, 4) is 17.1 Å². The molecule has 1 aromatic heterocycles. The lowest BCUT2D eigenvalue weighted by molar-refractivity contribution is -0.150. The lowest BCUT2D eigenvalue weighted by atomic mass is 10.1. The Morgan fingerprint density at radius 3 is 2.17 bits per heavy atom. The quantitative estimate of drug-likeness (QED) is 0.317. The van der Waals surface area contributed by atoms with Gasteiger partial charge in [0.05, 0.1) is 6.61 Å². The highest BCUT2D eigenvalue weighted by atomic mass is 16.6. The fourth-order valence-corrected chi connectivity index (χ4v) is 3.11. The van der Waals surface area contributed by atoms with Crippen LogP contribution in [-0.2, 0) is 16.0 Å². The lowest BCUT2D eigenvalue weighted by Gasteiger charge is -2.13. The van der Waals surface area contributed by atoms with E-state index >= 15 is 0 Å². The topological polar surface area (TPSA) is 61.3 Å². The number of benzene rings is 1. The van der Waals surface area contributed by atoms with Crippen LogP contribution in [0.25, 0.3) is 11.4 Å². The SMILES string of the molecule is CCCCCCCCCc1cnc(-c2ccc(OC(C)C(=O)OCC)cc2)nc1. The number of esters is 1. The minimum absolute atomic E-state index is 0.345. The average Bonchev–Trinajstić information content (AvgIpc) is 2.74. The fourth-order valence-electron chi connectivity index (χ4n) is 3.11. The van der Waals surface area contributed by atoms with E-state index in [1.807, 2.05) is 36.7 Å². The predicted molar refractivity (Wildman–Crippen MR) is 116 cm³/mol. The van der Waals surface area contributed by atoms with E-state index in [2.05, 4.69) is 16.9 Å². The summed E-state index contributed by atoms with van der Waals surface area (Å²) in [6.45, 7) is 6.05. The van der Waals surface area contributed by atoms with Gasteiger partial charge in [-0.15, -0.1) is 0 Å². The maximum Gasteiger partial charge on any atom is 0.347 e. The van der Waals surface area contributed by atoms with Crippen LogP contribution in [0.5, 0.6) is 5.75 Å². The summed E-state index contributed by atoms with van der Waals surface area (Å²) in [7, 11) is 0. The largest absolute Gasteiger partial charge is 0.479 e. The minimum atomic E-state index is -0.636. The molecule has 1 unspecified atom stereocenters. The number of rotatable bonds is 13. The van der Waals surface area contributed by atoms with Crippen molar-refractivity contribution in [2.24, 2.45) is 0 Å². The monoisotopic (exact) mass is 398 g/mol. The van der Waals surface area contributed by atoms with Crippen LogP contribution in [0.3, 0.4) is 0 Å². The lowest BCUT2D eigenvalue weighted by Crippen LogP contribution is -2.25. The Balaban J connectivity index is 1.79. The molecule has 0 fully saturated rings. The first-order valence-electron chi connectivity index (χ1n) is 10.9. The van der Waals surface area contributed by atoms with Crippen molar-refractivity contribution >= 4 is 5.97 Å². The van der Waals surface area contributed by atoms with Gasteiger partial charge in [0.15, 0.2) is 11.9 Å². The zero-order chi connectivity index (χ0) is 20.9. The average molecular weight is 399 g/mol. The summed E-state index contributed by atoms with van der Waals surface area (Å²) in [4.78, 5) is 20.7. The molecular weight excluding hydrogens is 364 g/mol. The van der Waals surface area contributed by atoms with E-state index in [1.54, 1.807) is 13.8 Å². The third-order valence-corrected chi connectivity index (χ3v) is 4.82. The summed E-state index contributed by atoms with van der Waals surface area (Å²) in [6, 6.07) is 7.44. The predicted octanol–water partition coefficient (Wildman–Crippen LogP) is 5.77. The molecule has 0 bridgehead atoms. The molecule has 1 heterocycles. The normalized spacial score (nSPS) is 11.8. The number of hydrogen-bond acceptors (Lipinski definition) is 5. The molecule has 2 aromatic rings. The molecule has 0 aliphatic heterocycles. The van der Waals surface area contributed by atoms with Crippen LogP contribution in [-0.4, -0.2) is 28.6 Å². The first kappa shape index (κ1) is 22.9. The van der Waals surface area contributed by atoms with E-state index in [1.165, 1.54) is 50.5 Å². The zero-order valence-corrected chi connectivity index (χ0v) is 18.0. The van der Waals surface area contributed by atoms with Crippen molar-refractivity contribution in [3.05, 3.63) is 42.2 Å². The Bertz CT molecular complexity index is 714. The zero-order valence-electron chi connectivity index (χ0n) is 18.0. The van der Waals surface area contributed by atoms with Crippen molar-refractivity contribution in [1.29, 1.82) is 0 Å². The summed E-state index contributed by atoms with van der Waals surface area (Å²) >= 11 is 0. The molecule has 0 saturated heterocycles. The summed E-state index contributed by atoms with van der Waals surface area (Å²) in [6.07, 6.45) is 13.4. The molecule has 0 saturated carbocycles. The van der Waals surface area contributed by atoms with Gasteiger partial charge in [-0.25, -0.2) is 14.8 Å². The van der Waals surface area contributed by atoms with Gasteiger partial charge in [0.25, 0.3) is 0 Å². The molecule has 0 radical (unpaired) electrons. The van der Waals surface area contributed by atoms with Gasteiger partial charge in [-0.1, -0.05) is 45.4 Å². The van der Waals surface area contributed by atoms with Gasteiger partial charge in [-0.3, -0.25) is 0 Å². The Labute approximate surface area is 174 Å². The van der Waals surface area contributed by atoms with E-state index in [9.17, 15) is 4.79 Å². The van der Waals surface area contributed by atoms with E-state index in [0.717, 1.165) is 12.0 Å².